The summed E-state index contributed by atoms with van der Waals surface area (Å²) < 4.78 is 0. The highest BCUT2D eigenvalue weighted by Gasteiger charge is 2.25. The van der Waals surface area contributed by atoms with Gasteiger partial charge in [0.25, 0.3) is 0 Å². The van der Waals surface area contributed by atoms with E-state index in [4.69, 9.17) is 5.73 Å². The predicted octanol–water partition coefficient (Wildman–Crippen LogP) is 1.94. The molecule has 3 heteroatoms. The van der Waals surface area contributed by atoms with Crippen molar-refractivity contribution in [3.8, 4) is 0 Å². The molecular formula is C16H27N3. The molecule has 0 bridgehead atoms. The van der Waals surface area contributed by atoms with E-state index in [0.717, 1.165) is 13.1 Å². The molecule has 1 aromatic carbocycles. The fourth-order valence-corrected chi connectivity index (χ4v) is 3.01. The summed E-state index contributed by atoms with van der Waals surface area (Å²) in [7, 11) is 4.33. The average Bonchev–Trinajstić information content (AvgIpc) is 2.76. The van der Waals surface area contributed by atoms with Crippen molar-refractivity contribution >= 4 is 0 Å². The summed E-state index contributed by atoms with van der Waals surface area (Å²) in [6, 6.07) is 7.45. The van der Waals surface area contributed by atoms with Crippen LogP contribution in [0.25, 0.3) is 0 Å². The van der Waals surface area contributed by atoms with Crippen LogP contribution in [0.4, 0.5) is 0 Å². The first-order valence-corrected chi connectivity index (χ1v) is 7.18. The van der Waals surface area contributed by atoms with E-state index >= 15 is 0 Å². The Morgan fingerprint density at radius 3 is 2.42 bits per heavy atom. The molecule has 1 aliphatic rings. The van der Waals surface area contributed by atoms with Gasteiger partial charge in [0.05, 0.1) is 0 Å². The Balaban J connectivity index is 1.96. The Morgan fingerprint density at radius 1 is 1.26 bits per heavy atom. The van der Waals surface area contributed by atoms with Gasteiger partial charge in [-0.2, -0.15) is 0 Å². The molecule has 1 heterocycles. The monoisotopic (exact) mass is 261 g/mol. The number of nitrogens with two attached hydrogens (primary N) is 1. The lowest BCUT2D eigenvalue weighted by Crippen LogP contribution is -2.35. The first-order chi connectivity index (χ1) is 8.95. The number of likely N-dealkylation sites (N-methyl/N-ethyl adjacent to an activating group) is 1. The van der Waals surface area contributed by atoms with E-state index in [2.05, 4.69) is 55.9 Å². The van der Waals surface area contributed by atoms with Gasteiger partial charge in [-0.1, -0.05) is 29.3 Å². The molecular weight excluding hydrogens is 234 g/mol. The van der Waals surface area contributed by atoms with E-state index in [1.807, 2.05) is 0 Å². The summed E-state index contributed by atoms with van der Waals surface area (Å²) >= 11 is 0. The number of hydrogen-bond acceptors (Lipinski definition) is 3. The van der Waals surface area contributed by atoms with Gasteiger partial charge in [0.1, 0.15) is 0 Å². The fourth-order valence-electron chi connectivity index (χ4n) is 3.01. The van der Waals surface area contributed by atoms with Gasteiger partial charge in [-0.25, -0.2) is 0 Å². The number of nitrogens with zero attached hydrogens (tertiary/aromatic N) is 2. The van der Waals surface area contributed by atoms with Crippen LogP contribution in [0, 0.1) is 13.8 Å². The molecule has 19 heavy (non-hydrogen) atoms. The third-order valence-corrected chi connectivity index (χ3v) is 4.10. The molecule has 2 rings (SSSR count). The van der Waals surface area contributed by atoms with Crippen molar-refractivity contribution in [3.05, 3.63) is 34.9 Å². The van der Waals surface area contributed by atoms with Gasteiger partial charge in [-0.05, 0) is 46.5 Å². The smallest absolute Gasteiger partial charge is 0.0424 e. The lowest BCUT2D eigenvalue weighted by Gasteiger charge is -2.23. The zero-order valence-corrected chi connectivity index (χ0v) is 12.7. The minimum Gasteiger partial charge on any atom is -0.323 e. The summed E-state index contributed by atoms with van der Waals surface area (Å²) in [6.45, 7) is 7.56. The van der Waals surface area contributed by atoms with Gasteiger partial charge < -0.3 is 10.6 Å². The van der Waals surface area contributed by atoms with Crippen molar-refractivity contribution in [1.82, 2.24) is 9.80 Å². The van der Waals surface area contributed by atoms with Crippen molar-refractivity contribution in [1.29, 1.82) is 0 Å². The molecule has 2 atom stereocenters. The number of aryl methyl sites for hydroxylation is 2. The van der Waals surface area contributed by atoms with Crippen molar-refractivity contribution in [2.75, 3.05) is 33.7 Å². The molecule has 1 aromatic rings. The lowest BCUT2D eigenvalue weighted by atomic mass is 10.0. The largest absolute Gasteiger partial charge is 0.323 e. The van der Waals surface area contributed by atoms with Crippen molar-refractivity contribution in [2.24, 2.45) is 5.73 Å². The second-order valence-electron chi connectivity index (χ2n) is 6.19. The van der Waals surface area contributed by atoms with E-state index in [0.29, 0.717) is 6.04 Å². The van der Waals surface area contributed by atoms with E-state index < -0.39 is 0 Å². The number of rotatable bonds is 4. The van der Waals surface area contributed by atoms with E-state index in [1.165, 1.54) is 29.7 Å². The molecule has 0 saturated carbocycles. The molecule has 2 unspecified atom stereocenters. The third-order valence-electron chi connectivity index (χ3n) is 4.10. The normalized spacial score (nSPS) is 22.1. The molecule has 0 radical (unpaired) electrons. The fraction of sp³-hybridized carbons (Fsp3) is 0.625. The zero-order valence-electron chi connectivity index (χ0n) is 12.7. The molecule has 0 aromatic heterocycles. The highest BCUT2D eigenvalue weighted by atomic mass is 15.2. The summed E-state index contributed by atoms with van der Waals surface area (Å²) in [4.78, 5) is 4.81. The van der Waals surface area contributed by atoms with Crippen LogP contribution >= 0.6 is 0 Å². The van der Waals surface area contributed by atoms with Crippen LogP contribution in [0.2, 0.25) is 0 Å². The van der Waals surface area contributed by atoms with E-state index in [-0.39, 0.29) is 6.04 Å². The second kappa shape index (κ2) is 6.04. The van der Waals surface area contributed by atoms with Crippen LogP contribution in [0.15, 0.2) is 18.2 Å². The second-order valence-corrected chi connectivity index (χ2v) is 6.19. The quantitative estimate of drug-likeness (QED) is 0.899. The average molecular weight is 261 g/mol. The van der Waals surface area contributed by atoms with Crippen LogP contribution in [-0.2, 0) is 0 Å². The number of benzene rings is 1. The zero-order chi connectivity index (χ0) is 14.0. The van der Waals surface area contributed by atoms with Crippen molar-refractivity contribution < 1.29 is 0 Å². The first-order valence-electron chi connectivity index (χ1n) is 7.18. The van der Waals surface area contributed by atoms with E-state index in [1.54, 1.807) is 0 Å². The molecule has 0 aliphatic carbocycles. The third kappa shape index (κ3) is 3.78. The topological polar surface area (TPSA) is 32.5 Å². The summed E-state index contributed by atoms with van der Waals surface area (Å²) in [5.41, 5.74) is 10.3. The molecule has 1 fully saturated rings. The maximum Gasteiger partial charge on any atom is 0.0424 e. The Bertz CT molecular complexity index is 408. The Kier molecular flexibility index (Phi) is 4.61. The minimum atomic E-state index is 0.125. The number of hydrogen-bond donors (Lipinski definition) is 1. The van der Waals surface area contributed by atoms with Crippen molar-refractivity contribution in [3.63, 3.8) is 0 Å². The highest BCUT2D eigenvalue weighted by Crippen LogP contribution is 2.19. The Labute approximate surface area is 117 Å². The van der Waals surface area contributed by atoms with Gasteiger partial charge in [-0.15, -0.1) is 0 Å². The van der Waals surface area contributed by atoms with Gasteiger partial charge in [0, 0.05) is 25.2 Å². The standard InChI is InChI=1S/C16H27N3/c1-12-7-13(2)9-14(8-12)16(17)11-19-6-5-15(10-19)18(3)4/h7-9,15-16H,5-6,10-11,17H2,1-4H3. The molecule has 106 valence electrons. The molecule has 1 aliphatic heterocycles. The summed E-state index contributed by atoms with van der Waals surface area (Å²) in [6.07, 6.45) is 1.26. The van der Waals surface area contributed by atoms with Gasteiger partial charge in [-0.3, -0.25) is 4.90 Å². The Hall–Kier alpha value is -0.900. The highest BCUT2D eigenvalue weighted by molar-refractivity contribution is 5.30. The van der Waals surface area contributed by atoms with Crippen LogP contribution in [0.3, 0.4) is 0 Å². The predicted molar refractivity (Wildman–Crippen MR) is 81.4 cm³/mol. The maximum absolute atomic E-state index is 6.38. The molecule has 0 amide bonds. The minimum absolute atomic E-state index is 0.125. The van der Waals surface area contributed by atoms with Crippen LogP contribution in [-0.4, -0.2) is 49.6 Å². The molecule has 3 nitrogen and oxygen atoms in total. The van der Waals surface area contributed by atoms with Crippen LogP contribution < -0.4 is 5.73 Å². The SMILES string of the molecule is Cc1cc(C)cc(C(N)CN2CCC(N(C)C)C2)c1. The van der Waals surface area contributed by atoms with Crippen LogP contribution in [0.1, 0.15) is 29.2 Å². The van der Waals surface area contributed by atoms with Gasteiger partial charge in [0.2, 0.25) is 0 Å². The van der Waals surface area contributed by atoms with Gasteiger partial charge in [0.15, 0.2) is 0 Å². The summed E-state index contributed by atoms with van der Waals surface area (Å²) in [5, 5.41) is 0. The Morgan fingerprint density at radius 2 is 1.89 bits per heavy atom. The number of likely N-dealkylation sites (tertiary alicyclic amines) is 1. The van der Waals surface area contributed by atoms with Crippen LogP contribution in [0.5, 0.6) is 0 Å². The maximum atomic E-state index is 6.38. The van der Waals surface area contributed by atoms with Gasteiger partial charge >= 0.3 is 0 Å². The first kappa shape index (κ1) is 14.5. The molecule has 2 N–H and O–H groups in total. The van der Waals surface area contributed by atoms with E-state index in [9.17, 15) is 0 Å². The molecule has 1 saturated heterocycles. The molecule has 0 spiro atoms. The lowest BCUT2D eigenvalue weighted by molar-refractivity contribution is 0.260. The van der Waals surface area contributed by atoms with Crippen molar-refractivity contribution in [2.45, 2.75) is 32.4 Å². The summed E-state index contributed by atoms with van der Waals surface area (Å²) in [5.74, 6) is 0.